The van der Waals surface area contributed by atoms with E-state index in [2.05, 4.69) is 15.3 Å². The average molecular weight is 453 g/mol. The lowest BCUT2D eigenvalue weighted by atomic mass is 10.0. The van der Waals surface area contributed by atoms with Gasteiger partial charge in [-0.25, -0.2) is 0 Å². The highest BCUT2D eigenvalue weighted by atomic mass is 19.4. The first-order chi connectivity index (χ1) is 15.0. The summed E-state index contributed by atoms with van der Waals surface area (Å²) in [4.78, 5) is 32.9. The van der Waals surface area contributed by atoms with Crippen molar-refractivity contribution in [1.29, 1.82) is 0 Å². The van der Waals surface area contributed by atoms with Gasteiger partial charge in [-0.15, -0.1) is 0 Å². The number of halogens is 3. The van der Waals surface area contributed by atoms with Gasteiger partial charge in [-0.3, -0.25) is 14.6 Å². The maximum atomic E-state index is 12.7. The number of alkyl halides is 3. The van der Waals surface area contributed by atoms with Crippen LogP contribution in [0, 0.1) is 5.92 Å². The highest BCUT2D eigenvalue weighted by Gasteiger charge is 2.27. The quantitative estimate of drug-likeness (QED) is 0.583. The molecule has 2 heterocycles. The summed E-state index contributed by atoms with van der Waals surface area (Å²) in [5, 5.41) is 2.81. The van der Waals surface area contributed by atoms with Crippen LogP contribution < -0.4 is 14.8 Å². The van der Waals surface area contributed by atoms with Crippen molar-refractivity contribution >= 4 is 11.7 Å². The molecule has 7 nitrogen and oxygen atoms in total. The van der Waals surface area contributed by atoms with Crippen molar-refractivity contribution in [2.24, 2.45) is 5.92 Å². The van der Waals surface area contributed by atoms with E-state index in [0.29, 0.717) is 5.69 Å². The van der Waals surface area contributed by atoms with Crippen LogP contribution in [0.5, 0.6) is 11.8 Å². The normalized spacial score (nSPS) is 12.4. The van der Waals surface area contributed by atoms with E-state index in [1.807, 2.05) is 13.8 Å². The molecule has 0 radical (unpaired) electrons. The van der Waals surface area contributed by atoms with E-state index in [0.717, 1.165) is 5.56 Å². The number of rotatable bonds is 10. The molecule has 32 heavy (non-hydrogen) atoms. The number of aromatic nitrogens is 2. The van der Waals surface area contributed by atoms with E-state index >= 15 is 0 Å². The van der Waals surface area contributed by atoms with Crippen LogP contribution in [-0.4, -0.2) is 41.6 Å². The first-order valence-corrected chi connectivity index (χ1v) is 10.0. The molecule has 0 aliphatic heterocycles. The first kappa shape index (κ1) is 25.1. The van der Waals surface area contributed by atoms with Crippen molar-refractivity contribution in [2.45, 2.75) is 45.8 Å². The molecule has 10 heteroatoms. The number of hydrogen-bond acceptors (Lipinski definition) is 6. The van der Waals surface area contributed by atoms with Crippen LogP contribution in [-0.2, 0) is 11.2 Å². The number of Topliss-reactive ketones (excluding diaryl/α,β-unsaturated/α-hetero) is 1. The third-order valence-electron chi connectivity index (χ3n) is 4.60. The van der Waals surface area contributed by atoms with Gasteiger partial charge in [0.15, 0.2) is 0 Å². The third kappa shape index (κ3) is 7.51. The number of carbonyl (C=O) groups is 2. The maximum Gasteiger partial charge on any atom is 0.392 e. The SMILES string of the molecule is COc1nc(OCCC(F)(F)F)ccc1C(=O)NC(C)c1ccnc(CC(=O)C(C)C)c1. The van der Waals surface area contributed by atoms with Gasteiger partial charge in [0.2, 0.25) is 11.8 Å². The fourth-order valence-corrected chi connectivity index (χ4v) is 2.71. The fraction of sp³-hybridized carbons (Fsp3) is 0.455. The van der Waals surface area contributed by atoms with Gasteiger partial charge in [-0.05, 0) is 30.7 Å². The average Bonchev–Trinajstić information content (AvgIpc) is 2.72. The molecular formula is C22H26F3N3O4. The van der Waals surface area contributed by atoms with Gasteiger partial charge < -0.3 is 14.8 Å². The highest BCUT2D eigenvalue weighted by molar-refractivity contribution is 5.96. The Balaban J connectivity index is 2.07. The van der Waals surface area contributed by atoms with E-state index in [-0.39, 0.29) is 35.4 Å². The summed E-state index contributed by atoms with van der Waals surface area (Å²) in [6, 6.07) is 5.77. The van der Waals surface area contributed by atoms with Gasteiger partial charge in [0.1, 0.15) is 11.3 Å². The number of amides is 1. The van der Waals surface area contributed by atoms with E-state index < -0.39 is 31.2 Å². The smallest absolute Gasteiger partial charge is 0.392 e. The van der Waals surface area contributed by atoms with E-state index in [1.54, 1.807) is 25.3 Å². The van der Waals surface area contributed by atoms with Crippen LogP contribution in [0.1, 0.15) is 54.8 Å². The van der Waals surface area contributed by atoms with E-state index in [9.17, 15) is 22.8 Å². The minimum Gasteiger partial charge on any atom is -0.480 e. The van der Waals surface area contributed by atoms with E-state index in [1.165, 1.54) is 19.2 Å². The summed E-state index contributed by atoms with van der Waals surface area (Å²) in [7, 11) is 1.29. The lowest BCUT2D eigenvalue weighted by Gasteiger charge is -2.16. The van der Waals surface area contributed by atoms with Crippen LogP contribution in [0.3, 0.4) is 0 Å². The fourth-order valence-electron chi connectivity index (χ4n) is 2.71. The summed E-state index contributed by atoms with van der Waals surface area (Å²) in [5.74, 6) is -0.667. The minimum absolute atomic E-state index is 0.0692. The number of nitrogens with one attached hydrogen (secondary N) is 1. The predicted molar refractivity (Wildman–Crippen MR) is 111 cm³/mol. The lowest BCUT2D eigenvalue weighted by molar-refractivity contribution is -0.139. The topological polar surface area (TPSA) is 90.4 Å². The molecule has 174 valence electrons. The molecule has 0 aliphatic rings. The second kappa shape index (κ2) is 10.9. The highest BCUT2D eigenvalue weighted by Crippen LogP contribution is 2.23. The summed E-state index contributed by atoms with van der Waals surface area (Å²) < 4.78 is 46.9. The number of pyridine rings is 2. The Morgan fingerprint density at radius 1 is 1.16 bits per heavy atom. The van der Waals surface area contributed by atoms with Crippen molar-refractivity contribution in [1.82, 2.24) is 15.3 Å². The zero-order chi connectivity index (χ0) is 23.9. The van der Waals surface area contributed by atoms with Gasteiger partial charge >= 0.3 is 6.18 Å². The van der Waals surface area contributed by atoms with Gasteiger partial charge in [-0.1, -0.05) is 13.8 Å². The number of nitrogens with zero attached hydrogens (tertiary/aromatic N) is 2. The van der Waals surface area contributed by atoms with E-state index in [4.69, 9.17) is 9.47 Å². The van der Waals surface area contributed by atoms with Crippen LogP contribution in [0.15, 0.2) is 30.5 Å². The molecule has 0 saturated carbocycles. The van der Waals surface area contributed by atoms with Gasteiger partial charge in [-0.2, -0.15) is 18.2 Å². The van der Waals surface area contributed by atoms with Crippen molar-refractivity contribution in [3.8, 4) is 11.8 Å². The Bertz CT molecular complexity index is 948. The number of methoxy groups -OCH3 is 1. The van der Waals surface area contributed by atoms with Crippen molar-refractivity contribution in [3.63, 3.8) is 0 Å². The lowest BCUT2D eigenvalue weighted by Crippen LogP contribution is -2.27. The summed E-state index contributed by atoms with van der Waals surface area (Å²) >= 11 is 0. The summed E-state index contributed by atoms with van der Waals surface area (Å²) in [6.07, 6.45) is -3.67. The second-order valence-corrected chi connectivity index (χ2v) is 7.49. The summed E-state index contributed by atoms with van der Waals surface area (Å²) in [5.41, 5.74) is 1.48. The number of ketones is 1. The molecule has 2 aromatic rings. The molecule has 0 bridgehead atoms. The number of carbonyl (C=O) groups excluding carboxylic acids is 2. The van der Waals surface area contributed by atoms with Gasteiger partial charge in [0.25, 0.3) is 5.91 Å². The molecule has 1 N–H and O–H groups in total. The molecule has 0 fully saturated rings. The van der Waals surface area contributed by atoms with Crippen LogP contribution >= 0.6 is 0 Å². The third-order valence-corrected chi connectivity index (χ3v) is 4.60. The molecule has 1 unspecified atom stereocenters. The molecule has 0 aliphatic carbocycles. The number of ether oxygens (including phenoxy) is 2. The van der Waals surface area contributed by atoms with Crippen molar-refractivity contribution in [3.05, 3.63) is 47.3 Å². The summed E-state index contributed by atoms with van der Waals surface area (Å²) in [6.45, 7) is 4.83. The zero-order valence-corrected chi connectivity index (χ0v) is 18.3. The molecule has 1 amide bonds. The van der Waals surface area contributed by atoms with Crippen molar-refractivity contribution in [2.75, 3.05) is 13.7 Å². The van der Waals surface area contributed by atoms with Crippen LogP contribution in [0.2, 0.25) is 0 Å². The Morgan fingerprint density at radius 3 is 2.50 bits per heavy atom. The molecule has 1 atom stereocenters. The monoisotopic (exact) mass is 453 g/mol. The van der Waals surface area contributed by atoms with Crippen LogP contribution in [0.4, 0.5) is 13.2 Å². The first-order valence-electron chi connectivity index (χ1n) is 10.0. The predicted octanol–water partition coefficient (Wildman–Crippen LogP) is 4.08. The standard InChI is InChI=1S/C22H26F3N3O4/c1-13(2)18(29)12-16-11-15(7-9-26-16)14(3)27-20(30)17-5-6-19(28-21(17)31-4)32-10-8-22(23,24)25/h5-7,9,11,13-14H,8,10,12H2,1-4H3,(H,27,30). The molecule has 0 aromatic carbocycles. The zero-order valence-electron chi connectivity index (χ0n) is 18.3. The largest absolute Gasteiger partial charge is 0.480 e. The minimum atomic E-state index is -4.34. The Labute approximate surface area is 184 Å². The van der Waals surface area contributed by atoms with Gasteiger partial charge in [0.05, 0.1) is 26.2 Å². The molecule has 2 rings (SSSR count). The van der Waals surface area contributed by atoms with Crippen molar-refractivity contribution < 1.29 is 32.2 Å². The Hall–Kier alpha value is -3.17. The Morgan fingerprint density at radius 2 is 1.88 bits per heavy atom. The molecular weight excluding hydrogens is 427 g/mol. The maximum absolute atomic E-state index is 12.7. The second-order valence-electron chi connectivity index (χ2n) is 7.49. The molecule has 2 aromatic heterocycles. The van der Waals surface area contributed by atoms with Gasteiger partial charge in [0, 0.05) is 30.3 Å². The number of hydrogen-bond donors (Lipinski definition) is 1. The Kier molecular flexibility index (Phi) is 8.56. The van der Waals surface area contributed by atoms with Crippen LogP contribution in [0.25, 0.3) is 0 Å². The molecule has 0 spiro atoms. The molecule has 0 saturated heterocycles.